The maximum Gasteiger partial charge on any atom is 0.141 e. The summed E-state index contributed by atoms with van der Waals surface area (Å²) in [5.41, 5.74) is 1.83. The second-order valence-electron chi connectivity index (χ2n) is 6.39. The Morgan fingerprint density at radius 3 is 2.29 bits per heavy atom. The van der Waals surface area contributed by atoms with Gasteiger partial charge in [0.25, 0.3) is 0 Å². The van der Waals surface area contributed by atoms with Crippen molar-refractivity contribution in [3.05, 3.63) is 17.5 Å². The highest BCUT2D eigenvalue weighted by molar-refractivity contribution is 5.36. The van der Waals surface area contributed by atoms with Crippen LogP contribution in [-0.2, 0) is 5.41 Å². The molecule has 88 valence electrons. The Morgan fingerprint density at radius 2 is 1.76 bits per heavy atom. The number of nitrogens with zero attached hydrogens (tertiary/aromatic N) is 2. The number of hydrogen-bond acceptors (Lipinski definition) is 3. The van der Waals surface area contributed by atoms with Crippen LogP contribution < -0.4 is 0 Å². The molecule has 4 bridgehead atoms. The van der Waals surface area contributed by atoms with E-state index >= 15 is 0 Å². The first kappa shape index (κ1) is 9.70. The van der Waals surface area contributed by atoms with E-state index in [0.717, 1.165) is 23.4 Å². The molecule has 0 aromatic carbocycles. The van der Waals surface area contributed by atoms with Crippen molar-refractivity contribution < 1.29 is 4.52 Å². The third kappa shape index (κ3) is 1.24. The van der Waals surface area contributed by atoms with Crippen LogP contribution in [0.25, 0.3) is 0 Å². The van der Waals surface area contributed by atoms with Gasteiger partial charge in [-0.2, -0.15) is 5.26 Å². The molecule has 0 unspecified atom stereocenters. The van der Waals surface area contributed by atoms with Gasteiger partial charge in [0.2, 0.25) is 0 Å². The Morgan fingerprint density at radius 1 is 1.18 bits per heavy atom. The van der Waals surface area contributed by atoms with Crippen molar-refractivity contribution in [2.24, 2.45) is 17.8 Å². The average molecular weight is 228 g/mol. The summed E-state index contributed by atoms with van der Waals surface area (Å²) in [6.45, 7) is 0. The van der Waals surface area contributed by atoms with Gasteiger partial charge in [-0.15, -0.1) is 0 Å². The van der Waals surface area contributed by atoms with Gasteiger partial charge in [-0.25, -0.2) is 0 Å². The van der Waals surface area contributed by atoms with Crippen LogP contribution in [0.4, 0.5) is 0 Å². The summed E-state index contributed by atoms with van der Waals surface area (Å²) in [7, 11) is 0. The van der Waals surface area contributed by atoms with Gasteiger partial charge in [-0.05, 0) is 56.3 Å². The van der Waals surface area contributed by atoms with Crippen LogP contribution in [0.5, 0.6) is 0 Å². The highest BCUT2D eigenvalue weighted by Gasteiger charge is 2.53. The van der Waals surface area contributed by atoms with E-state index in [1.54, 1.807) is 0 Å². The van der Waals surface area contributed by atoms with Gasteiger partial charge in [0.1, 0.15) is 23.6 Å². The fraction of sp³-hybridized carbons (Fsp3) is 0.714. The summed E-state index contributed by atoms with van der Waals surface area (Å²) in [6.07, 6.45) is 9.48. The zero-order chi connectivity index (χ0) is 11.5. The molecule has 3 nitrogen and oxygen atoms in total. The molecule has 0 saturated heterocycles. The molecule has 4 aliphatic rings. The van der Waals surface area contributed by atoms with Crippen LogP contribution in [0.3, 0.4) is 0 Å². The Balaban J connectivity index is 1.80. The number of nitriles is 1. The molecule has 1 heterocycles. The minimum atomic E-state index is 0.187. The third-order valence-electron chi connectivity index (χ3n) is 5.23. The molecule has 0 aliphatic heterocycles. The second kappa shape index (κ2) is 3.13. The fourth-order valence-corrected chi connectivity index (χ4v) is 5.10. The van der Waals surface area contributed by atoms with Gasteiger partial charge in [-0.3, -0.25) is 0 Å². The van der Waals surface area contributed by atoms with Crippen LogP contribution >= 0.6 is 0 Å². The largest absolute Gasteiger partial charge is 0.363 e. The molecule has 0 amide bonds. The van der Waals surface area contributed by atoms with Crippen LogP contribution in [-0.4, -0.2) is 5.16 Å². The van der Waals surface area contributed by atoms with Crippen molar-refractivity contribution in [1.82, 2.24) is 5.16 Å². The Hall–Kier alpha value is -1.30. The van der Waals surface area contributed by atoms with Gasteiger partial charge >= 0.3 is 0 Å². The summed E-state index contributed by atoms with van der Waals surface area (Å²) in [4.78, 5) is 0. The van der Waals surface area contributed by atoms with Crippen LogP contribution in [0.1, 0.15) is 49.8 Å². The normalized spacial score (nSPS) is 42.6. The van der Waals surface area contributed by atoms with Gasteiger partial charge in [0.15, 0.2) is 0 Å². The zero-order valence-corrected chi connectivity index (χ0v) is 9.85. The minimum Gasteiger partial charge on any atom is -0.363 e. The first-order chi connectivity index (χ1) is 8.29. The highest BCUT2D eigenvalue weighted by Crippen LogP contribution is 2.60. The third-order valence-corrected chi connectivity index (χ3v) is 5.23. The van der Waals surface area contributed by atoms with Crippen molar-refractivity contribution in [2.45, 2.75) is 43.9 Å². The molecule has 0 spiro atoms. The van der Waals surface area contributed by atoms with Gasteiger partial charge in [0, 0.05) is 5.41 Å². The van der Waals surface area contributed by atoms with Crippen molar-refractivity contribution in [2.75, 3.05) is 0 Å². The molecule has 4 saturated carbocycles. The molecular formula is C14H16N2O. The SMILES string of the molecule is N#Cc1conc1C12CC3CC(CC(C3)C1)C2. The number of hydrogen-bond donors (Lipinski definition) is 0. The van der Waals surface area contributed by atoms with Crippen molar-refractivity contribution >= 4 is 0 Å². The van der Waals surface area contributed by atoms with E-state index in [0.29, 0.717) is 5.56 Å². The van der Waals surface area contributed by atoms with Gasteiger partial charge in [0.05, 0.1) is 0 Å². The topological polar surface area (TPSA) is 49.8 Å². The highest BCUT2D eigenvalue weighted by atomic mass is 16.5. The maximum atomic E-state index is 9.16. The van der Waals surface area contributed by atoms with E-state index in [9.17, 15) is 0 Å². The molecule has 4 aliphatic carbocycles. The first-order valence-corrected chi connectivity index (χ1v) is 6.64. The van der Waals surface area contributed by atoms with Gasteiger partial charge < -0.3 is 4.52 Å². The molecule has 0 atom stereocenters. The van der Waals surface area contributed by atoms with Crippen molar-refractivity contribution in [3.63, 3.8) is 0 Å². The molecule has 3 heteroatoms. The second-order valence-corrected chi connectivity index (χ2v) is 6.39. The van der Waals surface area contributed by atoms with Gasteiger partial charge in [-0.1, -0.05) is 5.16 Å². The lowest BCUT2D eigenvalue weighted by Crippen LogP contribution is -2.49. The standard InChI is InChI=1S/C14H16N2O/c15-7-12-8-17-16-13(12)14-4-9-1-10(5-14)3-11(2-9)6-14/h8-11H,1-6H2. The molecule has 0 N–H and O–H groups in total. The molecule has 17 heavy (non-hydrogen) atoms. The average Bonchev–Trinajstić information content (AvgIpc) is 2.75. The first-order valence-electron chi connectivity index (χ1n) is 6.64. The molecule has 4 fully saturated rings. The van der Waals surface area contributed by atoms with E-state index in [1.807, 2.05) is 0 Å². The van der Waals surface area contributed by atoms with E-state index in [-0.39, 0.29) is 5.41 Å². The van der Waals surface area contributed by atoms with E-state index in [2.05, 4.69) is 11.2 Å². The lowest BCUT2D eigenvalue weighted by Gasteiger charge is -2.56. The Kier molecular flexibility index (Phi) is 1.79. The zero-order valence-electron chi connectivity index (χ0n) is 9.85. The maximum absolute atomic E-state index is 9.16. The number of aromatic nitrogens is 1. The van der Waals surface area contributed by atoms with E-state index in [4.69, 9.17) is 9.78 Å². The van der Waals surface area contributed by atoms with Crippen LogP contribution in [0, 0.1) is 29.1 Å². The Bertz CT molecular complexity index is 461. The van der Waals surface area contributed by atoms with Crippen LogP contribution in [0.15, 0.2) is 10.8 Å². The molecule has 1 aromatic heterocycles. The minimum absolute atomic E-state index is 0.187. The smallest absolute Gasteiger partial charge is 0.141 e. The summed E-state index contributed by atoms with van der Waals surface area (Å²) in [6, 6.07) is 2.24. The monoisotopic (exact) mass is 228 g/mol. The van der Waals surface area contributed by atoms with Crippen molar-refractivity contribution in [3.8, 4) is 6.07 Å². The molecule has 5 rings (SSSR count). The number of rotatable bonds is 1. The summed E-state index contributed by atoms with van der Waals surface area (Å²) >= 11 is 0. The Labute approximate surface area is 101 Å². The molecule has 0 radical (unpaired) electrons. The predicted octanol–water partition coefficient (Wildman–Crippen LogP) is 3.01. The quantitative estimate of drug-likeness (QED) is 0.742. The molecular weight excluding hydrogens is 212 g/mol. The lowest BCUT2D eigenvalue weighted by molar-refractivity contribution is -0.00856. The lowest BCUT2D eigenvalue weighted by atomic mass is 9.48. The van der Waals surface area contributed by atoms with E-state index in [1.165, 1.54) is 44.8 Å². The fourth-order valence-electron chi connectivity index (χ4n) is 5.10. The summed E-state index contributed by atoms with van der Waals surface area (Å²) < 4.78 is 5.05. The van der Waals surface area contributed by atoms with E-state index < -0.39 is 0 Å². The molecule has 1 aromatic rings. The van der Waals surface area contributed by atoms with Crippen molar-refractivity contribution in [1.29, 1.82) is 5.26 Å². The van der Waals surface area contributed by atoms with Crippen LogP contribution in [0.2, 0.25) is 0 Å². The summed E-state index contributed by atoms with van der Waals surface area (Å²) in [5, 5.41) is 13.3. The predicted molar refractivity (Wildman–Crippen MR) is 61.1 cm³/mol. The summed E-state index contributed by atoms with van der Waals surface area (Å²) in [5.74, 6) is 2.64.